The maximum atomic E-state index is 12.3. The van der Waals surface area contributed by atoms with Crippen molar-refractivity contribution in [3.8, 4) is 0 Å². The van der Waals surface area contributed by atoms with Gasteiger partial charge in [0.2, 0.25) is 0 Å². The number of hydrogen-bond acceptors (Lipinski definition) is 1. The van der Waals surface area contributed by atoms with Gasteiger partial charge in [-0.3, -0.25) is 0 Å². The van der Waals surface area contributed by atoms with Gasteiger partial charge in [0, 0.05) is 6.54 Å². The Morgan fingerprint density at radius 3 is 2.88 bits per heavy atom. The molecule has 1 N–H and O–H groups in total. The molecule has 0 unspecified atom stereocenters. The molecule has 0 aliphatic heterocycles. The Morgan fingerprint density at radius 1 is 1.88 bits per heavy atom. The lowest BCUT2D eigenvalue weighted by molar-refractivity contribution is 0.329. The number of alkyl halides is 1. The van der Waals surface area contributed by atoms with Gasteiger partial charge < -0.3 is 5.32 Å². The third kappa shape index (κ3) is 3.81. The molecule has 1 nitrogen and oxygen atoms in total. The Bertz CT molecular complexity index is 63.5. The number of halogens is 1. The lowest BCUT2D eigenvalue weighted by Crippen LogP contribution is -2.18. The van der Waals surface area contributed by atoms with Crippen LogP contribution in [0.2, 0.25) is 0 Å². The number of nitrogens with one attached hydrogen (secondary N) is 1. The quantitative estimate of drug-likeness (QED) is 0.544. The van der Waals surface area contributed by atoms with Gasteiger partial charge in [-0.25, -0.2) is 4.39 Å². The van der Waals surface area contributed by atoms with Gasteiger partial charge in [0.1, 0.15) is 6.17 Å². The van der Waals surface area contributed by atoms with Gasteiger partial charge >= 0.3 is 0 Å². The van der Waals surface area contributed by atoms with E-state index in [1.165, 1.54) is 0 Å². The van der Waals surface area contributed by atoms with Crippen LogP contribution in [0.15, 0.2) is 12.7 Å². The SMILES string of the molecule is C=CC[C@@H](F)CNC. The second-order valence-electron chi connectivity index (χ2n) is 1.68. The summed E-state index contributed by atoms with van der Waals surface area (Å²) in [7, 11) is 1.73. The van der Waals surface area contributed by atoms with Crippen LogP contribution in [0.5, 0.6) is 0 Å². The van der Waals surface area contributed by atoms with Crippen LogP contribution in [0.4, 0.5) is 4.39 Å². The summed E-state index contributed by atoms with van der Waals surface area (Å²) in [5.74, 6) is 0. The van der Waals surface area contributed by atoms with Gasteiger partial charge in [0.15, 0.2) is 0 Å². The van der Waals surface area contributed by atoms with Gasteiger partial charge in [0.05, 0.1) is 0 Å². The van der Waals surface area contributed by atoms with Gasteiger partial charge in [-0.1, -0.05) is 6.08 Å². The molecule has 0 amide bonds. The zero-order valence-corrected chi connectivity index (χ0v) is 5.15. The first kappa shape index (κ1) is 7.63. The minimum Gasteiger partial charge on any atom is -0.317 e. The lowest BCUT2D eigenvalue weighted by Gasteiger charge is -2.01. The van der Waals surface area contributed by atoms with Crippen LogP contribution in [0, 0.1) is 0 Å². The molecule has 0 saturated carbocycles. The molecule has 0 fully saturated rings. The predicted molar refractivity (Wildman–Crippen MR) is 33.6 cm³/mol. The summed E-state index contributed by atoms with van der Waals surface area (Å²) in [5.41, 5.74) is 0. The molecule has 0 bridgehead atoms. The van der Waals surface area contributed by atoms with Crippen LogP contribution in [0.25, 0.3) is 0 Å². The van der Waals surface area contributed by atoms with Crippen molar-refractivity contribution < 1.29 is 4.39 Å². The number of allylic oxidation sites excluding steroid dienone is 1. The molecule has 2 heteroatoms. The molecule has 0 aromatic carbocycles. The van der Waals surface area contributed by atoms with Crippen molar-refractivity contribution in [2.45, 2.75) is 12.6 Å². The molecular weight excluding hydrogens is 105 g/mol. The molecule has 8 heavy (non-hydrogen) atoms. The van der Waals surface area contributed by atoms with E-state index in [2.05, 4.69) is 11.9 Å². The van der Waals surface area contributed by atoms with Crippen molar-refractivity contribution in [1.29, 1.82) is 0 Å². The highest BCUT2D eigenvalue weighted by molar-refractivity contribution is 4.73. The first-order chi connectivity index (χ1) is 3.81. The molecule has 0 aromatic rings. The Kier molecular flexibility index (Phi) is 4.56. The van der Waals surface area contributed by atoms with E-state index in [1.807, 2.05) is 0 Å². The normalized spacial score (nSPS) is 13.2. The molecule has 0 saturated heterocycles. The Morgan fingerprint density at radius 2 is 2.50 bits per heavy atom. The first-order valence-corrected chi connectivity index (χ1v) is 2.70. The largest absolute Gasteiger partial charge is 0.317 e. The van der Waals surface area contributed by atoms with Gasteiger partial charge in [-0.05, 0) is 13.5 Å². The highest BCUT2D eigenvalue weighted by Crippen LogP contribution is 1.94. The molecule has 0 aliphatic carbocycles. The minimum atomic E-state index is -0.766. The maximum absolute atomic E-state index is 12.3. The maximum Gasteiger partial charge on any atom is 0.116 e. The third-order valence-electron chi connectivity index (χ3n) is 0.848. The van der Waals surface area contributed by atoms with Crippen molar-refractivity contribution in [2.24, 2.45) is 0 Å². The van der Waals surface area contributed by atoms with Crippen LogP contribution in [-0.4, -0.2) is 19.8 Å². The fraction of sp³-hybridized carbons (Fsp3) is 0.667. The van der Waals surface area contributed by atoms with Gasteiger partial charge in [-0.2, -0.15) is 0 Å². The summed E-state index contributed by atoms with van der Waals surface area (Å²) in [6.07, 6.45) is 1.26. The van der Waals surface area contributed by atoms with Gasteiger partial charge in [-0.15, -0.1) is 6.58 Å². The van der Waals surface area contributed by atoms with Crippen LogP contribution < -0.4 is 5.32 Å². The molecule has 0 radical (unpaired) electrons. The highest BCUT2D eigenvalue weighted by Gasteiger charge is 1.98. The van der Waals surface area contributed by atoms with Crippen LogP contribution >= 0.6 is 0 Å². The molecule has 1 atom stereocenters. The molecule has 0 heterocycles. The Labute approximate surface area is 49.6 Å². The summed E-state index contributed by atoms with van der Waals surface area (Å²) < 4.78 is 12.3. The third-order valence-corrected chi connectivity index (χ3v) is 0.848. The fourth-order valence-corrected chi connectivity index (χ4v) is 0.486. The monoisotopic (exact) mass is 117 g/mol. The fourth-order valence-electron chi connectivity index (χ4n) is 0.486. The van der Waals surface area contributed by atoms with Crippen LogP contribution in [-0.2, 0) is 0 Å². The van der Waals surface area contributed by atoms with E-state index in [1.54, 1.807) is 13.1 Å². The van der Waals surface area contributed by atoms with E-state index >= 15 is 0 Å². The second-order valence-corrected chi connectivity index (χ2v) is 1.68. The van der Waals surface area contributed by atoms with E-state index in [0.29, 0.717) is 13.0 Å². The van der Waals surface area contributed by atoms with Gasteiger partial charge in [0.25, 0.3) is 0 Å². The van der Waals surface area contributed by atoms with Crippen molar-refractivity contribution in [1.82, 2.24) is 5.32 Å². The smallest absolute Gasteiger partial charge is 0.116 e. The highest BCUT2D eigenvalue weighted by atomic mass is 19.1. The number of rotatable bonds is 4. The van der Waals surface area contributed by atoms with E-state index in [-0.39, 0.29) is 0 Å². The van der Waals surface area contributed by atoms with Crippen LogP contribution in [0.1, 0.15) is 6.42 Å². The molecule has 0 rings (SSSR count). The van der Waals surface area contributed by atoms with Crippen molar-refractivity contribution in [3.05, 3.63) is 12.7 Å². The molecule has 48 valence electrons. The molecular formula is C6H12FN. The standard InChI is InChI=1S/C6H12FN/c1-3-4-6(7)5-8-2/h3,6,8H,1,4-5H2,2H3/t6-/m1/s1. The van der Waals surface area contributed by atoms with E-state index in [4.69, 9.17) is 0 Å². The zero-order chi connectivity index (χ0) is 6.41. The van der Waals surface area contributed by atoms with E-state index in [0.717, 1.165) is 0 Å². The van der Waals surface area contributed by atoms with Crippen molar-refractivity contribution in [2.75, 3.05) is 13.6 Å². The average molecular weight is 117 g/mol. The summed E-state index contributed by atoms with van der Waals surface area (Å²) in [6, 6.07) is 0. The first-order valence-electron chi connectivity index (χ1n) is 2.70. The summed E-state index contributed by atoms with van der Waals surface area (Å²) in [4.78, 5) is 0. The summed E-state index contributed by atoms with van der Waals surface area (Å²) >= 11 is 0. The molecule has 0 aromatic heterocycles. The van der Waals surface area contributed by atoms with E-state index in [9.17, 15) is 4.39 Å². The average Bonchev–Trinajstić information content (AvgIpc) is 1.68. The van der Waals surface area contributed by atoms with Crippen LogP contribution in [0.3, 0.4) is 0 Å². The minimum absolute atomic E-state index is 0.423. The van der Waals surface area contributed by atoms with E-state index < -0.39 is 6.17 Å². The predicted octanol–water partition coefficient (Wildman–Crippen LogP) is 1.12. The molecule has 0 aliphatic rings. The lowest BCUT2D eigenvalue weighted by atomic mass is 10.3. The van der Waals surface area contributed by atoms with Crippen molar-refractivity contribution in [3.63, 3.8) is 0 Å². The number of hydrogen-bond donors (Lipinski definition) is 1. The van der Waals surface area contributed by atoms with Crippen molar-refractivity contribution >= 4 is 0 Å². The Hall–Kier alpha value is -0.370. The second kappa shape index (κ2) is 4.78. The topological polar surface area (TPSA) is 12.0 Å². The summed E-state index contributed by atoms with van der Waals surface area (Å²) in [6.45, 7) is 3.84. The zero-order valence-electron chi connectivity index (χ0n) is 5.15. The Balaban J connectivity index is 3.03. The summed E-state index contributed by atoms with van der Waals surface area (Å²) in [5, 5.41) is 2.73. The molecule has 0 spiro atoms.